The molecule has 0 aliphatic carbocycles. The van der Waals surface area contributed by atoms with Crippen molar-refractivity contribution in [3.63, 3.8) is 0 Å². The number of carbonyl (C=O) groups is 2. The molecule has 3 heterocycles. The maximum absolute atomic E-state index is 13.5. The first kappa shape index (κ1) is 21.1. The highest BCUT2D eigenvalue weighted by atomic mass is 16.5. The van der Waals surface area contributed by atoms with Gasteiger partial charge in [0.2, 0.25) is 0 Å². The molecule has 7 heteroatoms. The minimum atomic E-state index is -0.271. The maximum atomic E-state index is 13.5. The smallest absolute Gasteiger partial charge is 0.278 e. The van der Waals surface area contributed by atoms with E-state index in [4.69, 9.17) is 4.74 Å². The third kappa shape index (κ3) is 4.32. The van der Waals surface area contributed by atoms with Crippen molar-refractivity contribution < 1.29 is 14.3 Å². The number of hydrogen-bond donors (Lipinski definition) is 0. The zero-order valence-corrected chi connectivity index (χ0v) is 18.1. The maximum Gasteiger partial charge on any atom is 0.278 e. The molecule has 0 saturated carbocycles. The zero-order valence-electron chi connectivity index (χ0n) is 18.1. The Morgan fingerprint density at radius 1 is 0.935 bits per heavy atom. The Labute approximate surface area is 182 Å². The van der Waals surface area contributed by atoms with Gasteiger partial charge in [-0.1, -0.05) is 25.1 Å². The largest absolute Gasteiger partial charge is 0.494 e. The number of ether oxygens (including phenoxy) is 1. The molecular formula is C24H28N4O3. The van der Waals surface area contributed by atoms with Gasteiger partial charge in [0.1, 0.15) is 11.4 Å². The van der Waals surface area contributed by atoms with Crippen LogP contribution in [0.5, 0.6) is 5.75 Å². The molecule has 2 amide bonds. The van der Waals surface area contributed by atoms with E-state index in [9.17, 15) is 9.59 Å². The van der Waals surface area contributed by atoms with Crippen molar-refractivity contribution >= 4 is 17.4 Å². The molecule has 1 fully saturated rings. The number of nitrogens with zero attached hydrogens (tertiary/aromatic N) is 4. The van der Waals surface area contributed by atoms with E-state index in [-0.39, 0.29) is 18.4 Å². The van der Waals surface area contributed by atoms with Crippen molar-refractivity contribution in [1.82, 2.24) is 19.7 Å². The van der Waals surface area contributed by atoms with Gasteiger partial charge in [-0.2, -0.15) is 0 Å². The standard InChI is InChI=1S/C24H28N4O3/c1-3-26-13-15-27(16-14-26)22-21(18-8-10-20(11-9-18)31-4-2)23(29)28(24(22)30)17-19-7-5-6-12-25-19/h5-12H,3-4,13-17H2,1-2H3. The minimum Gasteiger partial charge on any atom is -0.494 e. The summed E-state index contributed by atoms with van der Waals surface area (Å²) in [5.74, 6) is 0.226. The topological polar surface area (TPSA) is 66.0 Å². The summed E-state index contributed by atoms with van der Waals surface area (Å²) in [6, 6.07) is 12.9. The van der Waals surface area contributed by atoms with E-state index in [0.29, 0.717) is 23.6 Å². The molecule has 2 aromatic rings. The number of aromatic nitrogens is 1. The highest BCUT2D eigenvalue weighted by molar-refractivity contribution is 6.35. The summed E-state index contributed by atoms with van der Waals surface area (Å²) in [4.78, 5) is 36.9. The molecule has 0 atom stereocenters. The lowest BCUT2D eigenvalue weighted by Gasteiger charge is -2.36. The fraction of sp³-hybridized carbons (Fsp3) is 0.375. The van der Waals surface area contributed by atoms with E-state index in [1.807, 2.05) is 49.4 Å². The van der Waals surface area contributed by atoms with Gasteiger partial charge in [0.15, 0.2) is 0 Å². The minimum absolute atomic E-state index is 0.164. The molecule has 0 spiro atoms. The fourth-order valence-corrected chi connectivity index (χ4v) is 4.09. The number of rotatable bonds is 7. The van der Waals surface area contributed by atoms with Gasteiger partial charge < -0.3 is 14.5 Å². The van der Waals surface area contributed by atoms with Crippen molar-refractivity contribution in [2.75, 3.05) is 39.3 Å². The van der Waals surface area contributed by atoms with Crippen LogP contribution in [0.3, 0.4) is 0 Å². The molecule has 1 saturated heterocycles. The molecule has 2 aliphatic heterocycles. The predicted molar refractivity (Wildman–Crippen MR) is 118 cm³/mol. The number of likely N-dealkylation sites (N-methyl/N-ethyl adjacent to an activating group) is 1. The number of carbonyl (C=O) groups excluding carboxylic acids is 2. The average Bonchev–Trinajstić information content (AvgIpc) is 3.05. The molecule has 31 heavy (non-hydrogen) atoms. The highest BCUT2D eigenvalue weighted by Crippen LogP contribution is 2.33. The molecule has 1 aromatic heterocycles. The van der Waals surface area contributed by atoms with Crippen molar-refractivity contribution in [3.05, 3.63) is 65.6 Å². The van der Waals surface area contributed by atoms with Crippen LogP contribution >= 0.6 is 0 Å². The van der Waals surface area contributed by atoms with Crippen LogP contribution in [0.2, 0.25) is 0 Å². The SMILES string of the molecule is CCOc1ccc(C2=C(N3CCN(CC)CC3)C(=O)N(Cc3ccccn3)C2=O)cc1. The van der Waals surface area contributed by atoms with Crippen molar-refractivity contribution in [1.29, 1.82) is 0 Å². The van der Waals surface area contributed by atoms with Gasteiger partial charge in [0.25, 0.3) is 11.8 Å². The first-order chi connectivity index (χ1) is 15.1. The first-order valence-corrected chi connectivity index (χ1v) is 10.8. The summed E-state index contributed by atoms with van der Waals surface area (Å²) >= 11 is 0. The molecule has 4 rings (SSSR count). The molecule has 2 aliphatic rings. The normalized spacial score (nSPS) is 17.6. The molecular weight excluding hydrogens is 392 g/mol. The second kappa shape index (κ2) is 9.31. The Balaban J connectivity index is 1.68. The quantitative estimate of drug-likeness (QED) is 0.641. The summed E-state index contributed by atoms with van der Waals surface area (Å²) < 4.78 is 5.54. The molecule has 7 nitrogen and oxygen atoms in total. The van der Waals surface area contributed by atoms with E-state index in [0.717, 1.165) is 44.0 Å². The van der Waals surface area contributed by atoms with Crippen molar-refractivity contribution in [3.8, 4) is 5.75 Å². The van der Waals surface area contributed by atoms with Gasteiger partial charge >= 0.3 is 0 Å². The number of imide groups is 1. The molecule has 1 aromatic carbocycles. The molecule has 0 N–H and O–H groups in total. The number of amides is 2. The van der Waals surface area contributed by atoms with Gasteiger partial charge in [-0.05, 0) is 43.3 Å². The van der Waals surface area contributed by atoms with Gasteiger partial charge in [-0.15, -0.1) is 0 Å². The van der Waals surface area contributed by atoms with Crippen LogP contribution in [0.4, 0.5) is 0 Å². The Morgan fingerprint density at radius 3 is 2.29 bits per heavy atom. The van der Waals surface area contributed by atoms with Gasteiger partial charge in [0, 0.05) is 32.4 Å². The van der Waals surface area contributed by atoms with Crippen molar-refractivity contribution in [2.45, 2.75) is 20.4 Å². The Hall–Kier alpha value is -3.19. The second-order valence-electron chi connectivity index (χ2n) is 7.62. The lowest BCUT2D eigenvalue weighted by atomic mass is 10.0. The van der Waals surface area contributed by atoms with Crippen LogP contribution in [0.25, 0.3) is 5.57 Å². The van der Waals surface area contributed by atoms with E-state index < -0.39 is 0 Å². The van der Waals surface area contributed by atoms with Gasteiger partial charge in [-0.25, -0.2) is 0 Å². The number of hydrogen-bond acceptors (Lipinski definition) is 6. The summed E-state index contributed by atoms with van der Waals surface area (Å²) in [6.07, 6.45) is 1.67. The number of benzene rings is 1. The average molecular weight is 421 g/mol. The van der Waals surface area contributed by atoms with E-state index >= 15 is 0 Å². The Kier molecular flexibility index (Phi) is 6.32. The lowest BCUT2D eigenvalue weighted by Crippen LogP contribution is -2.47. The van der Waals surface area contributed by atoms with E-state index in [1.54, 1.807) is 6.20 Å². The van der Waals surface area contributed by atoms with Crippen LogP contribution in [0.15, 0.2) is 54.4 Å². The molecule has 0 unspecified atom stereocenters. The van der Waals surface area contributed by atoms with Crippen LogP contribution in [-0.4, -0.2) is 70.8 Å². The molecule has 0 bridgehead atoms. The van der Waals surface area contributed by atoms with Crippen LogP contribution in [-0.2, 0) is 16.1 Å². The lowest BCUT2D eigenvalue weighted by molar-refractivity contribution is -0.138. The summed E-state index contributed by atoms with van der Waals surface area (Å²) in [6.45, 7) is 8.98. The van der Waals surface area contributed by atoms with Gasteiger partial charge in [0.05, 0.1) is 24.4 Å². The van der Waals surface area contributed by atoms with E-state index in [1.165, 1.54) is 4.90 Å². The monoisotopic (exact) mass is 420 g/mol. The molecule has 0 radical (unpaired) electrons. The summed E-state index contributed by atoms with van der Waals surface area (Å²) in [7, 11) is 0. The Morgan fingerprint density at radius 2 is 1.68 bits per heavy atom. The Bertz CT molecular complexity index is 964. The highest BCUT2D eigenvalue weighted by Gasteiger charge is 2.42. The van der Waals surface area contributed by atoms with E-state index in [2.05, 4.69) is 21.7 Å². The third-order valence-electron chi connectivity index (χ3n) is 5.78. The van der Waals surface area contributed by atoms with Crippen molar-refractivity contribution in [2.24, 2.45) is 0 Å². The fourth-order valence-electron chi connectivity index (χ4n) is 4.09. The number of piperazine rings is 1. The number of pyridine rings is 1. The molecule has 162 valence electrons. The first-order valence-electron chi connectivity index (χ1n) is 10.8. The predicted octanol–water partition coefficient (Wildman–Crippen LogP) is 2.40. The summed E-state index contributed by atoms with van der Waals surface area (Å²) in [5.41, 5.74) is 2.39. The third-order valence-corrected chi connectivity index (χ3v) is 5.78. The summed E-state index contributed by atoms with van der Waals surface area (Å²) in [5, 5.41) is 0. The van der Waals surface area contributed by atoms with Gasteiger partial charge in [-0.3, -0.25) is 19.5 Å². The second-order valence-corrected chi connectivity index (χ2v) is 7.62. The van der Waals surface area contributed by atoms with Crippen LogP contribution in [0, 0.1) is 0 Å². The van der Waals surface area contributed by atoms with Crippen LogP contribution < -0.4 is 4.74 Å². The van der Waals surface area contributed by atoms with Crippen LogP contribution in [0.1, 0.15) is 25.1 Å². The zero-order chi connectivity index (χ0) is 21.8.